The zero-order chi connectivity index (χ0) is 24.8. The van der Waals surface area contributed by atoms with Crippen LogP contribution < -0.4 is 15.4 Å². The second kappa shape index (κ2) is 11.2. The zero-order valence-corrected chi connectivity index (χ0v) is 21.2. The molecule has 0 bridgehead atoms. The number of methoxy groups -OCH3 is 1. The van der Waals surface area contributed by atoms with Gasteiger partial charge in [-0.1, -0.05) is 37.7 Å². The number of benzene rings is 2. The van der Waals surface area contributed by atoms with Crippen LogP contribution in [-0.4, -0.2) is 39.4 Å². The molecule has 3 aromatic rings. The van der Waals surface area contributed by atoms with Crippen LogP contribution in [-0.2, 0) is 11.8 Å². The third kappa shape index (κ3) is 5.96. The summed E-state index contributed by atoms with van der Waals surface area (Å²) in [5.74, 6) is 1.28. The number of aromatic nitrogens is 3. The summed E-state index contributed by atoms with van der Waals surface area (Å²) in [5, 5.41) is 15.2. The van der Waals surface area contributed by atoms with Crippen molar-refractivity contribution in [2.45, 2.75) is 38.9 Å². The van der Waals surface area contributed by atoms with Gasteiger partial charge in [0.15, 0.2) is 11.0 Å². The average molecular weight is 482 g/mol. The predicted molar refractivity (Wildman–Crippen MR) is 134 cm³/mol. The topological polar surface area (TPSA) is 98.1 Å². The van der Waals surface area contributed by atoms with Crippen molar-refractivity contribution in [3.8, 4) is 5.75 Å². The van der Waals surface area contributed by atoms with Crippen LogP contribution in [0.2, 0.25) is 0 Å². The smallest absolute Gasteiger partial charge is 0.251 e. The molecule has 2 amide bonds. The highest BCUT2D eigenvalue weighted by Gasteiger charge is 2.25. The van der Waals surface area contributed by atoms with E-state index in [-0.39, 0.29) is 29.5 Å². The Morgan fingerprint density at radius 1 is 1.09 bits per heavy atom. The molecule has 2 N–H and O–H groups in total. The largest absolute Gasteiger partial charge is 0.497 e. The van der Waals surface area contributed by atoms with E-state index in [0.717, 1.165) is 16.8 Å². The minimum atomic E-state index is -0.342. The van der Waals surface area contributed by atoms with Gasteiger partial charge < -0.3 is 19.9 Å². The molecule has 9 heteroatoms. The number of ether oxygens (including phenoxy) is 1. The summed E-state index contributed by atoms with van der Waals surface area (Å²) in [6.07, 6.45) is 0. The van der Waals surface area contributed by atoms with Gasteiger partial charge in [-0.05, 0) is 61.2 Å². The van der Waals surface area contributed by atoms with E-state index in [0.29, 0.717) is 22.3 Å². The van der Waals surface area contributed by atoms with Crippen LogP contribution in [0.15, 0.2) is 47.6 Å². The summed E-state index contributed by atoms with van der Waals surface area (Å²) in [6.45, 7) is 8.02. The molecule has 0 saturated carbocycles. The van der Waals surface area contributed by atoms with E-state index >= 15 is 0 Å². The fraction of sp³-hybridized carbons (Fsp3) is 0.360. The maximum absolute atomic E-state index is 12.8. The first-order valence-corrected chi connectivity index (χ1v) is 12.0. The Bertz CT molecular complexity index is 1160. The van der Waals surface area contributed by atoms with Crippen LogP contribution in [0.25, 0.3) is 0 Å². The molecule has 8 nitrogen and oxygen atoms in total. The van der Waals surface area contributed by atoms with Crippen molar-refractivity contribution >= 4 is 29.3 Å². The molecule has 0 aliphatic rings. The first-order valence-electron chi connectivity index (χ1n) is 11.0. The summed E-state index contributed by atoms with van der Waals surface area (Å²) in [4.78, 5) is 25.3. The van der Waals surface area contributed by atoms with E-state index in [1.807, 2.05) is 57.5 Å². The van der Waals surface area contributed by atoms with Gasteiger partial charge in [-0.2, -0.15) is 0 Å². The zero-order valence-electron chi connectivity index (χ0n) is 20.4. The molecule has 0 radical (unpaired) electrons. The Labute approximate surface area is 204 Å². The third-order valence-electron chi connectivity index (χ3n) is 5.66. The van der Waals surface area contributed by atoms with Crippen molar-refractivity contribution in [1.82, 2.24) is 20.1 Å². The van der Waals surface area contributed by atoms with Crippen LogP contribution in [0.3, 0.4) is 0 Å². The highest BCUT2D eigenvalue weighted by atomic mass is 32.2. The molecule has 0 fully saturated rings. The van der Waals surface area contributed by atoms with Crippen LogP contribution >= 0.6 is 11.8 Å². The van der Waals surface area contributed by atoms with E-state index in [1.165, 1.54) is 11.8 Å². The monoisotopic (exact) mass is 481 g/mol. The second-order valence-electron chi connectivity index (χ2n) is 8.41. The van der Waals surface area contributed by atoms with Gasteiger partial charge in [0.1, 0.15) is 5.75 Å². The third-order valence-corrected chi connectivity index (χ3v) is 6.68. The van der Waals surface area contributed by atoms with Gasteiger partial charge in [-0.25, -0.2) is 0 Å². The van der Waals surface area contributed by atoms with Crippen molar-refractivity contribution in [2.75, 3.05) is 18.2 Å². The second-order valence-corrected chi connectivity index (χ2v) is 9.35. The lowest BCUT2D eigenvalue weighted by Gasteiger charge is -2.21. The van der Waals surface area contributed by atoms with Crippen LogP contribution in [0.1, 0.15) is 47.2 Å². The summed E-state index contributed by atoms with van der Waals surface area (Å²) < 4.78 is 6.98. The number of carbonyl (C=O) groups excluding carboxylic acids is 2. The number of nitrogens with zero attached hydrogens (tertiary/aromatic N) is 3. The molecule has 1 heterocycles. The van der Waals surface area contributed by atoms with Gasteiger partial charge in [-0.15, -0.1) is 10.2 Å². The van der Waals surface area contributed by atoms with Gasteiger partial charge in [0.25, 0.3) is 5.91 Å². The normalized spacial score (nSPS) is 11.9. The average Bonchev–Trinajstić information content (AvgIpc) is 3.18. The molecule has 0 spiro atoms. The fourth-order valence-electron chi connectivity index (χ4n) is 3.42. The van der Waals surface area contributed by atoms with Crippen molar-refractivity contribution in [3.63, 3.8) is 0 Å². The lowest BCUT2D eigenvalue weighted by Crippen LogP contribution is -2.33. The van der Waals surface area contributed by atoms with E-state index in [4.69, 9.17) is 4.74 Å². The Morgan fingerprint density at radius 2 is 1.79 bits per heavy atom. The quantitative estimate of drug-likeness (QED) is 0.442. The number of anilines is 1. The summed E-state index contributed by atoms with van der Waals surface area (Å²) in [6, 6.07) is 12.4. The minimum Gasteiger partial charge on any atom is -0.497 e. The standard InChI is InChI=1S/C25H31N5O3S/c1-15(2)22(27-24(32)18-10-12-19(33-6)13-11-18)23-28-29-25(30(23)5)34-14-21(31)26-20-9-7-8-16(3)17(20)4/h7-13,15,22H,14H2,1-6H3,(H,26,31)(H,27,32)/t22-/m0/s1. The van der Waals surface area contributed by atoms with Crippen molar-refractivity contribution < 1.29 is 14.3 Å². The van der Waals surface area contributed by atoms with Gasteiger partial charge >= 0.3 is 0 Å². The Morgan fingerprint density at radius 3 is 2.44 bits per heavy atom. The SMILES string of the molecule is COc1ccc(C(=O)N[C@H](c2nnc(SCC(=O)Nc3cccc(C)c3C)n2C)C(C)C)cc1. The molecule has 1 aromatic heterocycles. The molecular weight excluding hydrogens is 450 g/mol. The highest BCUT2D eigenvalue weighted by molar-refractivity contribution is 7.99. The van der Waals surface area contributed by atoms with Crippen molar-refractivity contribution in [2.24, 2.45) is 13.0 Å². The maximum atomic E-state index is 12.8. The number of aryl methyl sites for hydroxylation is 1. The first-order chi connectivity index (χ1) is 16.2. The van der Waals surface area contributed by atoms with Crippen molar-refractivity contribution in [1.29, 1.82) is 0 Å². The Balaban J connectivity index is 1.67. The molecule has 0 aliphatic heterocycles. The molecule has 3 rings (SSSR count). The number of carbonyl (C=O) groups is 2. The Kier molecular flexibility index (Phi) is 8.33. The molecule has 1 atom stereocenters. The van der Waals surface area contributed by atoms with E-state index in [9.17, 15) is 9.59 Å². The fourth-order valence-corrected chi connectivity index (χ4v) is 4.14. The van der Waals surface area contributed by atoms with Crippen LogP contribution in [0.4, 0.5) is 5.69 Å². The molecular formula is C25H31N5O3S. The molecule has 34 heavy (non-hydrogen) atoms. The lowest BCUT2D eigenvalue weighted by atomic mass is 10.0. The highest BCUT2D eigenvalue weighted by Crippen LogP contribution is 2.25. The predicted octanol–water partition coefficient (Wildman–Crippen LogP) is 4.30. The van der Waals surface area contributed by atoms with E-state index in [2.05, 4.69) is 20.8 Å². The molecule has 180 valence electrons. The molecule has 0 aliphatic carbocycles. The number of rotatable bonds is 9. The molecule has 0 saturated heterocycles. The minimum absolute atomic E-state index is 0.0792. The van der Waals surface area contributed by atoms with E-state index in [1.54, 1.807) is 31.4 Å². The maximum Gasteiger partial charge on any atom is 0.251 e. The van der Waals surface area contributed by atoms with Crippen LogP contribution in [0.5, 0.6) is 5.75 Å². The number of amides is 2. The van der Waals surface area contributed by atoms with Gasteiger partial charge in [0.2, 0.25) is 5.91 Å². The lowest BCUT2D eigenvalue weighted by molar-refractivity contribution is -0.113. The van der Waals surface area contributed by atoms with Crippen LogP contribution in [0, 0.1) is 19.8 Å². The van der Waals surface area contributed by atoms with Gasteiger partial charge in [-0.3, -0.25) is 9.59 Å². The van der Waals surface area contributed by atoms with Gasteiger partial charge in [0, 0.05) is 18.3 Å². The number of nitrogens with one attached hydrogen (secondary N) is 2. The molecule has 2 aromatic carbocycles. The number of hydrogen-bond acceptors (Lipinski definition) is 6. The first kappa shape index (κ1) is 25.3. The summed E-state index contributed by atoms with van der Waals surface area (Å²) >= 11 is 1.30. The number of hydrogen-bond donors (Lipinski definition) is 2. The van der Waals surface area contributed by atoms with E-state index < -0.39 is 0 Å². The Hall–Kier alpha value is -3.33. The van der Waals surface area contributed by atoms with Gasteiger partial charge in [0.05, 0.1) is 18.9 Å². The summed E-state index contributed by atoms with van der Waals surface area (Å²) in [5.41, 5.74) is 3.52. The summed E-state index contributed by atoms with van der Waals surface area (Å²) in [7, 11) is 3.43. The number of thioether (sulfide) groups is 1. The molecule has 0 unspecified atom stereocenters. The van der Waals surface area contributed by atoms with Crippen molar-refractivity contribution in [3.05, 3.63) is 65.0 Å².